The summed E-state index contributed by atoms with van der Waals surface area (Å²) in [4.78, 5) is 14.7. The SMILES string of the molecule is CS(=O)CCCNc1cc(C(=O)O)cc(Cl)n1. The summed E-state index contributed by atoms with van der Waals surface area (Å²) in [5.74, 6) is -0.0388. The number of nitrogens with one attached hydrogen (secondary N) is 1. The van der Waals surface area contributed by atoms with Gasteiger partial charge in [-0.1, -0.05) is 11.6 Å². The molecule has 0 radical (unpaired) electrons. The highest BCUT2D eigenvalue weighted by atomic mass is 35.5. The first-order valence-electron chi connectivity index (χ1n) is 4.94. The van der Waals surface area contributed by atoms with Gasteiger partial charge in [0.2, 0.25) is 0 Å². The summed E-state index contributed by atoms with van der Waals surface area (Å²) in [7, 11) is -0.820. The molecule has 17 heavy (non-hydrogen) atoms. The third-order valence-electron chi connectivity index (χ3n) is 1.96. The van der Waals surface area contributed by atoms with Crippen LogP contribution in [0.2, 0.25) is 5.15 Å². The molecule has 1 heterocycles. The number of nitrogens with zero attached hydrogens (tertiary/aromatic N) is 1. The van der Waals surface area contributed by atoms with Crippen molar-refractivity contribution in [3.63, 3.8) is 0 Å². The lowest BCUT2D eigenvalue weighted by atomic mass is 10.2. The lowest BCUT2D eigenvalue weighted by Crippen LogP contribution is -2.08. The van der Waals surface area contributed by atoms with Crippen LogP contribution in [0.5, 0.6) is 0 Å². The largest absolute Gasteiger partial charge is 0.478 e. The van der Waals surface area contributed by atoms with Crippen LogP contribution in [-0.4, -0.2) is 38.8 Å². The summed E-state index contributed by atoms with van der Waals surface area (Å²) < 4.78 is 10.8. The number of hydrogen-bond donors (Lipinski definition) is 2. The molecule has 1 aromatic heterocycles. The zero-order chi connectivity index (χ0) is 12.8. The van der Waals surface area contributed by atoms with E-state index in [1.165, 1.54) is 12.1 Å². The van der Waals surface area contributed by atoms with Gasteiger partial charge >= 0.3 is 5.97 Å². The van der Waals surface area contributed by atoms with Gasteiger partial charge in [0.05, 0.1) is 5.56 Å². The monoisotopic (exact) mass is 276 g/mol. The maximum Gasteiger partial charge on any atom is 0.335 e. The standard InChI is InChI=1S/C10H13ClN2O3S/c1-17(16)4-2-3-12-9-6-7(10(14)15)5-8(11)13-9/h5-6H,2-4H2,1H3,(H,12,13)(H,14,15). The Balaban J connectivity index is 2.59. The van der Waals surface area contributed by atoms with Gasteiger partial charge in [-0.3, -0.25) is 4.21 Å². The lowest BCUT2D eigenvalue weighted by Gasteiger charge is -2.06. The Morgan fingerprint density at radius 1 is 1.59 bits per heavy atom. The van der Waals surface area contributed by atoms with Crippen molar-refractivity contribution in [3.05, 3.63) is 22.8 Å². The Hall–Kier alpha value is -1.14. The van der Waals surface area contributed by atoms with Crippen LogP contribution >= 0.6 is 11.6 Å². The van der Waals surface area contributed by atoms with E-state index in [1.54, 1.807) is 6.26 Å². The number of anilines is 1. The molecule has 5 nitrogen and oxygen atoms in total. The minimum Gasteiger partial charge on any atom is -0.478 e. The smallest absolute Gasteiger partial charge is 0.335 e. The van der Waals surface area contributed by atoms with Crippen molar-refractivity contribution >= 4 is 34.2 Å². The fourth-order valence-electron chi connectivity index (χ4n) is 1.20. The summed E-state index contributed by atoms with van der Waals surface area (Å²) in [6.07, 6.45) is 2.36. The van der Waals surface area contributed by atoms with Crippen LogP contribution in [0.4, 0.5) is 5.82 Å². The number of rotatable bonds is 6. The summed E-state index contributed by atoms with van der Waals surface area (Å²) >= 11 is 5.69. The maximum absolute atomic E-state index is 10.8. The number of carboxylic acids is 1. The molecule has 0 fully saturated rings. The first kappa shape index (κ1) is 13.9. The molecule has 1 atom stereocenters. The second-order valence-corrected chi connectivity index (χ2v) is 5.37. The van der Waals surface area contributed by atoms with E-state index < -0.39 is 16.8 Å². The molecule has 1 aromatic rings. The Morgan fingerprint density at radius 2 is 2.29 bits per heavy atom. The van der Waals surface area contributed by atoms with Crippen LogP contribution in [0.1, 0.15) is 16.8 Å². The van der Waals surface area contributed by atoms with Crippen LogP contribution in [0.3, 0.4) is 0 Å². The highest BCUT2D eigenvalue weighted by Crippen LogP contribution is 2.14. The van der Waals surface area contributed by atoms with Crippen LogP contribution < -0.4 is 5.32 Å². The van der Waals surface area contributed by atoms with Gasteiger partial charge in [0.25, 0.3) is 0 Å². The van der Waals surface area contributed by atoms with E-state index in [2.05, 4.69) is 10.3 Å². The minimum absolute atomic E-state index is 0.0894. The zero-order valence-electron chi connectivity index (χ0n) is 9.27. The molecule has 7 heteroatoms. The molecule has 2 N–H and O–H groups in total. The van der Waals surface area contributed by atoms with Crippen LogP contribution in [-0.2, 0) is 10.8 Å². The fourth-order valence-corrected chi connectivity index (χ4v) is 1.96. The molecule has 0 aliphatic carbocycles. The first-order valence-corrected chi connectivity index (χ1v) is 7.04. The van der Waals surface area contributed by atoms with E-state index in [9.17, 15) is 9.00 Å². The predicted molar refractivity (Wildman–Crippen MR) is 68.2 cm³/mol. The number of carbonyl (C=O) groups is 1. The van der Waals surface area contributed by atoms with Gasteiger partial charge in [0, 0.05) is 29.4 Å². The number of hydrogen-bond acceptors (Lipinski definition) is 4. The normalized spacial score (nSPS) is 12.1. The second kappa shape index (κ2) is 6.56. The maximum atomic E-state index is 10.8. The minimum atomic E-state index is -1.05. The first-order chi connectivity index (χ1) is 7.99. The van der Waals surface area contributed by atoms with Crippen molar-refractivity contribution in [1.29, 1.82) is 0 Å². The van der Waals surface area contributed by atoms with E-state index in [1.807, 2.05) is 0 Å². The van der Waals surface area contributed by atoms with Gasteiger partial charge in [-0.15, -0.1) is 0 Å². The number of halogens is 1. The van der Waals surface area contributed by atoms with Crippen LogP contribution in [0.15, 0.2) is 12.1 Å². The van der Waals surface area contributed by atoms with Crippen molar-refractivity contribution in [3.8, 4) is 0 Å². The van der Waals surface area contributed by atoms with E-state index in [0.29, 0.717) is 18.1 Å². The van der Waals surface area contributed by atoms with Crippen LogP contribution in [0.25, 0.3) is 0 Å². The van der Waals surface area contributed by atoms with Gasteiger partial charge in [0.1, 0.15) is 11.0 Å². The molecule has 1 rings (SSSR count). The highest BCUT2D eigenvalue weighted by molar-refractivity contribution is 7.84. The summed E-state index contributed by atoms with van der Waals surface area (Å²) in [5, 5.41) is 11.9. The van der Waals surface area contributed by atoms with Gasteiger partial charge in [0.15, 0.2) is 0 Å². The topological polar surface area (TPSA) is 79.3 Å². The number of pyridine rings is 1. The lowest BCUT2D eigenvalue weighted by molar-refractivity contribution is 0.0697. The molecule has 0 amide bonds. The molecule has 1 unspecified atom stereocenters. The third kappa shape index (κ3) is 5.14. The summed E-state index contributed by atoms with van der Waals surface area (Å²) in [6.45, 7) is 0.575. The van der Waals surface area contributed by atoms with E-state index >= 15 is 0 Å². The molecular weight excluding hydrogens is 264 g/mol. The van der Waals surface area contributed by atoms with Crippen molar-refractivity contribution in [2.75, 3.05) is 23.9 Å². The molecule has 0 bridgehead atoms. The molecule has 0 aliphatic heterocycles. The van der Waals surface area contributed by atoms with E-state index in [-0.39, 0.29) is 10.7 Å². The molecule has 0 saturated heterocycles. The number of carboxylic acid groups (broad SMARTS) is 1. The zero-order valence-corrected chi connectivity index (χ0v) is 10.8. The molecule has 0 aliphatic rings. The van der Waals surface area contributed by atoms with Crippen LogP contribution in [0, 0.1) is 0 Å². The summed E-state index contributed by atoms with van der Waals surface area (Å²) in [5.41, 5.74) is 0.0894. The van der Waals surface area contributed by atoms with Crippen molar-refractivity contribution in [2.45, 2.75) is 6.42 Å². The molecular formula is C10H13ClN2O3S. The van der Waals surface area contributed by atoms with Gasteiger partial charge < -0.3 is 10.4 Å². The van der Waals surface area contributed by atoms with E-state index in [0.717, 1.165) is 6.42 Å². The van der Waals surface area contributed by atoms with Gasteiger partial charge in [-0.05, 0) is 18.6 Å². The molecule has 0 aromatic carbocycles. The fraction of sp³-hybridized carbons (Fsp3) is 0.400. The van der Waals surface area contributed by atoms with Gasteiger partial charge in [-0.2, -0.15) is 0 Å². The molecule has 0 spiro atoms. The average Bonchev–Trinajstić information content (AvgIpc) is 2.23. The second-order valence-electron chi connectivity index (χ2n) is 3.43. The molecule has 0 saturated carbocycles. The third-order valence-corrected chi connectivity index (χ3v) is 3.01. The van der Waals surface area contributed by atoms with E-state index in [4.69, 9.17) is 16.7 Å². The Bertz CT molecular complexity index is 440. The molecule has 94 valence electrons. The Kier molecular flexibility index (Phi) is 5.37. The van der Waals surface area contributed by atoms with Crippen molar-refractivity contribution < 1.29 is 14.1 Å². The average molecular weight is 277 g/mol. The number of aromatic nitrogens is 1. The predicted octanol–water partition coefficient (Wildman–Crippen LogP) is 1.61. The Labute approximate surface area is 107 Å². The number of aromatic carboxylic acids is 1. The van der Waals surface area contributed by atoms with Crippen molar-refractivity contribution in [1.82, 2.24) is 4.98 Å². The van der Waals surface area contributed by atoms with Gasteiger partial charge in [-0.25, -0.2) is 9.78 Å². The highest BCUT2D eigenvalue weighted by Gasteiger charge is 2.07. The Morgan fingerprint density at radius 3 is 2.88 bits per heavy atom. The quantitative estimate of drug-likeness (QED) is 0.610. The summed E-state index contributed by atoms with van der Waals surface area (Å²) in [6, 6.07) is 2.70. The van der Waals surface area contributed by atoms with Crippen molar-refractivity contribution in [2.24, 2.45) is 0 Å².